The number of carboxylic acids is 1. The van der Waals surface area contributed by atoms with Gasteiger partial charge in [-0.15, -0.1) is 11.3 Å². The number of thiophene rings is 1. The maximum absolute atomic E-state index is 11.8. The zero-order chi connectivity index (χ0) is 14.5. The molecule has 0 aliphatic heterocycles. The lowest BCUT2D eigenvalue weighted by Crippen LogP contribution is -2.35. The van der Waals surface area contributed by atoms with Gasteiger partial charge in [-0.05, 0) is 30.5 Å². The van der Waals surface area contributed by atoms with Crippen LogP contribution in [0, 0.1) is 0 Å². The molecular formula is C13H13NO5S. The van der Waals surface area contributed by atoms with Gasteiger partial charge in [-0.25, -0.2) is 4.79 Å². The van der Waals surface area contributed by atoms with Crippen LogP contribution in [0.3, 0.4) is 0 Å². The first-order valence-corrected chi connectivity index (χ1v) is 6.73. The lowest BCUT2D eigenvalue weighted by molar-refractivity contribution is -0.127. The number of ether oxygens (including phenoxy) is 1. The van der Waals surface area contributed by atoms with Crippen LogP contribution in [-0.4, -0.2) is 23.1 Å². The first kappa shape index (κ1) is 14.1. The second-order valence-corrected chi connectivity index (χ2v) is 4.89. The Kier molecular flexibility index (Phi) is 4.41. The minimum atomic E-state index is -1.07. The first-order chi connectivity index (χ1) is 9.58. The molecule has 7 heteroatoms. The fourth-order valence-corrected chi connectivity index (χ4v) is 2.18. The van der Waals surface area contributed by atoms with Crippen molar-refractivity contribution in [3.8, 4) is 5.75 Å². The van der Waals surface area contributed by atoms with Crippen molar-refractivity contribution in [1.29, 1.82) is 0 Å². The maximum atomic E-state index is 11.8. The van der Waals surface area contributed by atoms with Crippen LogP contribution in [0.5, 0.6) is 5.75 Å². The molecule has 106 valence electrons. The van der Waals surface area contributed by atoms with Crippen molar-refractivity contribution >= 4 is 23.2 Å². The van der Waals surface area contributed by atoms with E-state index in [1.54, 1.807) is 24.4 Å². The minimum Gasteiger partial charge on any atom is -0.479 e. The van der Waals surface area contributed by atoms with Crippen LogP contribution >= 0.6 is 11.3 Å². The summed E-state index contributed by atoms with van der Waals surface area (Å²) in [4.78, 5) is 22.8. The molecule has 20 heavy (non-hydrogen) atoms. The third kappa shape index (κ3) is 3.39. The SMILES string of the molecule is CC(Oc1ccsc1C(=O)O)C(=O)NCc1ccco1. The van der Waals surface area contributed by atoms with Crippen LogP contribution in [0.2, 0.25) is 0 Å². The molecule has 0 fully saturated rings. The highest BCUT2D eigenvalue weighted by molar-refractivity contribution is 7.12. The fourth-order valence-electron chi connectivity index (χ4n) is 1.52. The summed E-state index contributed by atoms with van der Waals surface area (Å²) in [7, 11) is 0. The molecule has 2 heterocycles. The zero-order valence-corrected chi connectivity index (χ0v) is 11.5. The second kappa shape index (κ2) is 6.25. The highest BCUT2D eigenvalue weighted by Gasteiger charge is 2.19. The highest BCUT2D eigenvalue weighted by Crippen LogP contribution is 2.25. The van der Waals surface area contributed by atoms with Gasteiger partial charge in [0.1, 0.15) is 11.5 Å². The van der Waals surface area contributed by atoms with Crippen molar-refractivity contribution in [1.82, 2.24) is 5.32 Å². The van der Waals surface area contributed by atoms with Gasteiger partial charge in [-0.1, -0.05) is 0 Å². The number of carbonyl (C=O) groups excluding carboxylic acids is 1. The number of carbonyl (C=O) groups is 2. The molecule has 0 spiro atoms. The van der Waals surface area contributed by atoms with Crippen LogP contribution in [0.1, 0.15) is 22.4 Å². The predicted molar refractivity (Wildman–Crippen MR) is 71.9 cm³/mol. The number of amides is 1. The van der Waals surface area contributed by atoms with Crippen LogP contribution in [0.4, 0.5) is 0 Å². The quantitative estimate of drug-likeness (QED) is 0.852. The third-order valence-corrected chi connectivity index (χ3v) is 3.40. The Bertz CT molecular complexity index is 590. The number of nitrogens with one attached hydrogen (secondary N) is 1. The van der Waals surface area contributed by atoms with Crippen molar-refractivity contribution in [3.63, 3.8) is 0 Å². The van der Waals surface area contributed by atoms with E-state index in [4.69, 9.17) is 14.3 Å². The summed E-state index contributed by atoms with van der Waals surface area (Å²) in [6.07, 6.45) is 0.726. The number of hydrogen-bond donors (Lipinski definition) is 2. The van der Waals surface area contributed by atoms with Gasteiger partial charge in [-0.3, -0.25) is 4.79 Å². The van der Waals surface area contributed by atoms with Gasteiger partial charge in [-0.2, -0.15) is 0 Å². The fraction of sp³-hybridized carbons (Fsp3) is 0.231. The van der Waals surface area contributed by atoms with E-state index in [1.165, 1.54) is 12.3 Å². The van der Waals surface area contributed by atoms with Gasteiger partial charge in [0.15, 0.2) is 11.0 Å². The van der Waals surface area contributed by atoms with Crippen molar-refractivity contribution in [2.24, 2.45) is 0 Å². The predicted octanol–water partition coefficient (Wildman–Crippen LogP) is 2.12. The monoisotopic (exact) mass is 295 g/mol. The number of aromatic carboxylic acids is 1. The lowest BCUT2D eigenvalue weighted by atomic mass is 10.3. The lowest BCUT2D eigenvalue weighted by Gasteiger charge is -2.13. The standard InChI is InChI=1S/C13H13NO5S/c1-8(12(15)14-7-9-3-2-5-18-9)19-10-4-6-20-11(10)13(16)17/h2-6,8H,7H2,1H3,(H,14,15)(H,16,17). The normalized spacial score (nSPS) is 11.8. The maximum Gasteiger partial charge on any atom is 0.349 e. The van der Waals surface area contributed by atoms with Gasteiger partial charge in [0, 0.05) is 0 Å². The number of rotatable bonds is 6. The molecule has 0 aliphatic rings. The molecule has 0 aromatic carbocycles. The topological polar surface area (TPSA) is 88.8 Å². The Morgan fingerprint density at radius 1 is 1.50 bits per heavy atom. The molecule has 2 N–H and O–H groups in total. The van der Waals surface area contributed by atoms with Gasteiger partial charge < -0.3 is 19.6 Å². The average molecular weight is 295 g/mol. The van der Waals surface area contributed by atoms with Crippen molar-refractivity contribution in [2.75, 3.05) is 0 Å². The van der Waals surface area contributed by atoms with Gasteiger partial charge in [0.05, 0.1) is 12.8 Å². The summed E-state index contributed by atoms with van der Waals surface area (Å²) in [6, 6.07) is 5.00. The van der Waals surface area contributed by atoms with Crippen LogP contribution in [0.25, 0.3) is 0 Å². The van der Waals surface area contributed by atoms with E-state index in [1.807, 2.05) is 0 Å². The van der Waals surface area contributed by atoms with Gasteiger partial charge in [0.25, 0.3) is 5.91 Å². The van der Waals surface area contributed by atoms with E-state index in [9.17, 15) is 9.59 Å². The van der Waals surface area contributed by atoms with Crippen molar-refractivity contribution < 1.29 is 23.8 Å². The molecule has 0 radical (unpaired) electrons. The van der Waals surface area contributed by atoms with E-state index in [-0.39, 0.29) is 23.1 Å². The molecule has 1 unspecified atom stereocenters. The Labute approximate surface area is 119 Å². The number of hydrogen-bond acceptors (Lipinski definition) is 5. The smallest absolute Gasteiger partial charge is 0.349 e. The highest BCUT2D eigenvalue weighted by atomic mass is 32.1. The van der Waals surface area contributed by atoms with Gasteiger partial charge in [0.2, 0.25) is 0 Å². The molecule has 0 saturated carbocycles. The van der Waals surface area contributed by atoms with E-state index in [0.29, 0.717) is 5.76 Å². The second-order valence-electron chi connectivity index (χ2n) is 3.98. The van der Waals surface area contributed by atoms with Crippen molar-refractivity contribution in [3.05, 3.63) is 40.5 Å². The third-order valence-electron chi connectivity index (χ3n) is 2.51. The Morgan fingerprint density at radius 2 is 2.30 bits per heavy atom. The summed E-state index contributed by atoms with van der Waals surface area (Å²) < 4.78 is 10.5. The Morgan fingerprint density at radius 3 is 2.95 bits per heavy atom. The molecule has 0 saturated heterocycles. The summed E-state index contributed by atoms with van der Waals surface area (Å²) in [5, 5.41) is 13.2. The largest absolute Gasteiger partial charge is 0.479 e. The Hall–Kier alpha value is -2.28. The molecule has 2 rings (SSSR count). The first-order valence-electron chi connectivity index (χ1n) is 5.85. The Balaban J connectivity index is 1.90. The number of carboxylic acid groups (broad SMARTS) is 1. The van der Waals surface area contributed by atoms with Crippen LogP contribution < -0.4 is 10.1 Å². The molecular weight excluding hydrogens is 282 g/mol. The molecule has 0 aliphatic carbocycles. The van der Waals surface area contributed by atoms with Gasteiger partial charge >= 0.3 is 5.97 Å². The van der Waals surface area contributed by atoms with E-state index in [2.05, 4.69) is 5.32 Å². The van der Waals surface area contributed by atoms with E-state index < -0.39 is 12.1 Å². The summed E-state index contributed by atoms with van der Waals surface area (Å²) in [6.45, 7) is 1.82. The summed E-state index contributed by atoms with van der Waals surface area (Å²) in [5.41, 5.74) is 0. The molecule has 0 bridgehead atoms. The van der Waals surface area contributed by atoms with Crippen LogP contribution in [-0.2, 0) is 11.3 Å². The molecule has 2 aromatic rings. The number of furan rings is 1. The minimum absolute atomic E-state index is 0.0793. The summed E-state index contributed by atoms with van der Waals surface area (Å²) in [5.74, 6) is -0.586. The van der Waals surface area contributed by atoms with E-state index >= 15 is 0 Å². The average Bonchev–Trinajstić information content (AvgIpc) is 3.06. The molecule has 2 aromatic heterocycles. The molecule has 1 atom stereocenters. The summed E-state index contributed by atoms with van der Waals surface area (Å²) >= 11 is 1.05. The van der Waals surface area contributed by atoms with Crippen LogP contribution in [0.15, 0.2) is 34.3 Å². The van der Waals surface area contributed by atoms with Crippen molar-refractivity contribution in [2.45, 2.75) is 19.6 Å². The molecule has 6 nitrogen and oxygen atoms in total. The zero-order valence-electron chi connectivity index (χ0n) is 10.7. The van der Waals surface area contributed by atoms with E-state index in [0.717, 1.165) is 11.3 Å². The molecule has 1 amide bonds.